The van der Waals surface area contributed by atoms with Crippen molar-refractivity contribution in [3.05, 3.63) is 59.9 Å². The zero-order valence-electron chi connectivity index (χ0n) is 22.7. The fourth-order valence-electron chi connectivity index (χ4n) is 4.44. The van der Waals surface area contributed by atoms with E-state index in [2.05, 4.69) is 41.2 Å². The highest BCUT2D eigenvalue weighted by atomic mass is 16.3. The zero-order valence-corrected chi connectivity index (χ0v) is 22.7. The van der Waals surface area contributed by atoms with E-state index in [9.17, 15) is 14.7 Å². The van der Waals surface area contributed by atoms with Crippen LogP contribution < -0.4 is 5.32 Å². The maximum Gasteiger partial charge on any atom is 0.274 e. The van der Waals surface area contributed by atoms with Crippen LogP contribution in [0.5, 0.6) is 5.75 Å². The number of hydrogen-bond donors (Lipinski definition) is 2. The molecule has 0 aliphatic carbocycles. The average Bonchev–Trinajstić information content (AvgIpc) is 2.93. The highest BCUT2D eigenvalue weighted by Crippen LogP contribution is 2.34. The van der Waals surface area contributed by atoms with Crippen LogP contribution in [0, 0.1) is 5.92 Å². The summed E-state index contributed by atoms with van der Waals surface area (Å²) in [5.74, 6) is -0.824. The lowest BCUT2D eigenvalue weighted by atomic mass is 9.98. The number of likely N-dealkylation sites (tertiary alicyclic amines) is 1. The molecular weight excluding hydrogens is 462 g/mol. The third kappa shape index (κ3) is 7.39. The molecule has 1 atom stereocenters. The first-order chi connectivity index (χ1) is 17.9. The van der Waals surface area contributed by atoms with Gasteiger partial charge in [-0.2, -0.15) is 0 Å². The number of amides is 1. The van der Waals surface area contributed by atoms with Gasteiger partial charge in [-0.05, 0) is 55.6 Å². The summed E-state index contributed by atoms with van der Waals surface area (Å²) in [6, 6.07) is 15.9. The molecule has 2 N–H and O–H groups in total. The molecule has 0 radical (unpaired) electrons. The van der Waals surface area contributed by atoms with Crippen LogP contribution in [-0.4, -0.2) is 46.3 Å². The maximum absolute atomic E-state index is 13.0. The molecule has 1 saturated heterocycles. The fourth-order valence-corrected chi connectivity index (χ4v) is 4.44. The van der Waals surface area contributed by atoms with Gasteiger partial charge < -0.3 is 10.4 Å². The smallest absolute Gasteiger partial charge is 0.274 e. The summed E-state index contributed by atoms with van der Waals surface area (Å²) in [6.45, 7) is 10.6. The van der Waals surface area contributed by atoms with Gasteiger partial charge in [-0.1, -0.05) is 76.9 Å². The first kappa shape index (κ1) is 28.3. The minimum absolute atomic E-state index is 0.0241. The van der Waals surface area contributed by atoms with Crippen LogP contribution in [-0.2, 0) is 11.3 Å². The van der Waals surface area contributed by atoms with Gasteiger partial charge in [0.25, 0.3) is 5.91 Å². The number of fused-ring (bicyclic) bond motifs is 1. The Balaban J connectivity index is 0.00000121. The first-order valence-electron chi connectivity index (χ1n) is 13.6. The Morgan fingerprint density at radius 2 is 1.65 bits per heavy atom. The second-order valence-corrected chi connectivity index (χ2v) is 9.88. The minimum Gasteiger partial charge on any atom is -0.505 e. The Morgan fingerprint density at radius 1 is 0.973 bits per heavy atom. The lowest BCUT2D eigenvalue weighted by Gasteiger charge is -2.27. The summed E-state index contributed by atoms with van der Waals surface area (Å²) >= 11 is 0. The van der Waals surface area contributed by atoms with Crippen LogP contribution in [0.2, 0.25) is 0 Å². The molecule has 0 bridgehead atoms. The molecule has 1 aliphatic rings. The van der Waals surface area contributed by atoms with Crippen molar-refractivity contribution in [2.45, 2.75) is 66.3 Å². The van der Waals surface area contributed by atoms with Crippen molar-refractivity contribution < 1.29 is 14.7 Å². The van der Waals surface area contributed by atoms with E-state index in [1.165, 1.54) is 12.8 Å². The van der Waals surface area contributed by atoms with Gasteiger partial charge >= 0.3 is 0 Å². The number of rotatable bonds is 8. The molecule has 2 heterocycles. The molecule has 6 nitrogen and oxygen atoms in total. The van der Waals surface area contributed by atoms with Crippen LogP contribution in [0.25, 0.3) is 21.9 Å². The number of pyridine rings is 1. The Morgan fingerprint density at radius 3 is 2.30 bits per heavy atom. The monoisotopic (exact) mass is 503 g/mol. The molecule has 1 aliphatic heterocycles. The first-order valence-corrected chi connectivity index (χ1v) is 13.6. The standard InChI is InChI=1S/C28H33N3O3.C3H8/c1-3-19(2)25(32)17-29-28(34)26-27(33)22-13-12-21(20-10-6-4-7-11-20)16-23(22)24(30-26)18-31-14-8-5-9-15-31;1-3-2/h4,6-7,10-13,16,19,33H,3,5,8-9,14-15,17-18H2,1-2H3,(H,29,34);3H2,1-2H3. The topological polar surface area (TPSA) is 82.5 Å². The van der Waals surface area contributed by atoms with E-state index < -0.39 is 5.91 Å². The third-order valence-electron chi connectivity index (χ3n) is 6.79. The van der Waals surface area contributed by atoms with Gasteiger partial charge in [0.2, 0.25) is 0 Å². The van der Waals surface area contributed by atoms with E-state index >= 15 is 0 Å². The Kier molecular flexibility index (Phi) is 10.6. The highest BCUT2D eigenvalue weighted by molar-refractivity contribution is 6.04. The zero-order chi connectivity index (χ0) is 26.8. The SMILES string of the molecule is CCC.CCC(C)C(=O)CNC(=O)c1nc(CN2CCCCC2)c2cc(-c3ccccc3)ccc2c1O. The third-order valence-corrected chi connectivity index (χ3v) is 6.79. The lowest BCUT2D eigenvalue weighted by Crippen LogP contribution is -2.33. The number of nitrogens with zero attached hydrogens (tertiary/aromatic N) is 2. The summed E-state index contributed by atoms with van der Waals surface area (Å²) < 4.78 is 0. The number of carbonyl (C=O) groups excluding carboxylic acids is 2. The van der Waals surface area contributed by atoms with Crippen molar-refractivity contribution in [1.29, 1.82) is 0 Å². The van der Waals surface area contributed by atoms with Crippen molar-refractivity contribution in [2.24, 2.45) is 5.92 Å². The average molecular weight is 504 g/mol. The fraction of sp³-hybridized carbons (Fsp3) is 0.452. The van der Waals surface area contributed by atoms with Gasteiger partial charge in [-0.25, -0.2) is 4.98 Å². The van der Waals surface area contributed by atoms with E-state index in [4.69, 9.17) is 0 Å². The van der Waals surface area contributed by atoms with Crippen molar-refractivity contribution >= 4 is 22.5 Å². The van der Waals surface area contributed by atoms with Crippen LogP contribution in [0.4, 0.5) is 0 Å². The van der Waals surface area contributed by atoms with Gasteiger partial charge in [0, 0.05) is 23.2 Å². The molecular formula is C31H41N3O3. The van der Waals surface area contributed by atoms with E-state index in [1.807, 2.05) is 50.2 Å². The van der Waals surface area contributed by atoms with E-state index in [1.54, 1.807) is 0 Å². The van der Waals surface area contributed by atoms with Crippen LogP contribution in [0.1, 0.15) is 76.0 Å². The summed E-state index contributed by atoms with van der Waals surface area (Å²) in [4.78, 5) is 32.2. The number of Topliss-reactive ketones (excluding diaryl/α,β-unsaturated/α-hetero) is 1. The number of nitrogens with one attached hydrogen (secondary N) is 1. The van der Waals surface area contributed by atoms with Gasteiger partial charge in [0.1, 0.15) is 0 Å². The molecule has 1 aromatic heterocycles. The predicted octanol–water partition coefficient (Wildman–Crippen LogP) is 6.35. The summed E-state index contributed by atoms with van der Waals surface area (Å²) in [7, 11) is 0. The molecule has 3 aromatic rings. The molecule has 198 valence electrons. The number of benzene rings is 2. The highest BCUT2D eigenvalue weighted by Gasteiger charge is 2.22. The van der Waals surface area contributed by atoms with E-state index in [0.29, 0.717) is 11.9 Å². The van der Waals surface area contributed by atoms with Gasteiger partial charge in [0.15, 0.2) is 17.2 Å². The number of aromatic nitrogens is 1. The quantitative estimate of drug-likeness (QED) is 0.374. The molecule has 37 heavy (non-hydrogen) atoms. The van der Waals surface area contributed by atoms with Crippen LogP contribution in [0.15, 0.2) is 48.5 Å². The number of aromatic hydroxyl groups is 1. The number of carbonyl (C=O) groups is 2. The second-order valence-electron chi connectivity index (χ2n) is 9.88. The molecule has 0 saturated carbocycles. The predicted molar refractivity (Wildman–Crippen MR) is 151 cm³/mol. The maximum atomic E-state index is 13.0. The van der Waals surface area contributed by atoms with Gasteiger partial charge in [0.05, 0.1) is 12.2 Å². The molecule has 4 rings (SSSR count). The van der Waals surface area contributed by atoms with Crippen LogP contribution >= 0.6 is 0 Å². The number of piperidine rings is 1. The molecule has 1 fully saturated rings. The largest absolute Gasteiger partial charge is 0.505 e. The summed E-state index contributed by atoms with van der Waals surface area (Å²) in [6.07, 6.45) is 5.50. The van der Waals surface area contributed by atoms with Crippen molar-refractivity contribution in [3.8, 4) is 16.9 Å². The number of ketones is 1. The van der Waals surface area contributed by atoms with Crippen LogP contribution in [0.3, 0.4) is 0 Å². The van der Waals surface area contributed by atoms with E-state index in [0.717, 1.165) is 54.6 Å². The molecule has 1 unspecified atom stereocenters. The summed E-state index contributed by atoms with van der Waals surface area (Å²) in [5.41, 5.74) is 2.86. The molecule has 0 spiro atoms. The Bertz CT molecular complexity index is 1190. The van der Waals surface area contributed by atoms with Crippen molar-refractivity contribution in [1.82, 2.24) is 15.2 Å². The molecule has 6 heteroatoms. The Hall–Kier alpha value is -3.25. The lowest BCUT2D eigenvalue weighted by molar-refractivity contribution is -0.121. The summed E-state index contributed by atoms with van der Waals surface area (Å²) in [5, 5.41) is 15.1. The van der Waals surface area contributed by atoms with Crippen molar-refractivity contribution in [2.75, 3.05) is 19.6 Å². The normalized spacial score (nSPS) is 14.5. The Labute approximate surface area is 221 Å². The second kappa shape index (κ2) is 13.9. The van der Waals surface area contributed by atoms with Crippen molar-refractivity contribution in [3.63, 3.8) is 0 Å². The van der Waals surface area contributed by atoms with Gasteiger partial charge in [-0.15, -0.1) is 0 Å². The number of hydrogen-bond acceptors (Lipinski definition) is 5. The molecule has 1 amide bonds. The minimum atomic E-state index is -0.525. The molecule has 2 aromatic carbocycles. The van der Waals surface area contributed by atoms with Gasteiger partial charge in [-0.3, -0.25) is 14.5 Å². The van der Waals surface area contributed by atoms with E-state index in [-0.39, 0.29) is 29.7 Å².